The van der Waals surface area contributed by atoms with Gasteiger partial charge in [-0.15, -0.1) is 6.42 Å². The molecule has 0 bridgehead atoms. The molecule has 32 heavy (non-hydrogen) atoms. The largest absolute Gasteiger partial charge is 0.404 e. The van der Waals surface area contributed by atoms with Crippen molar-refractivity contribution in [2.45, 2.75) is 31.2 Å². The van der Waals surface area contributed by atoms with Gasteiger partial charge < -0.3 is 21.3 Å². The van der Waals surface area contributed by atoms with Crippen LogP contribution in [-0.4, -0.2) is 43.2 Å². The fourth-order valence-electron chi connectivity index (χ4n) is 3.84. The lowest BCUT2D eigenvalue weighted by molar-refractivity contribution is -0.128. The second kappa shape index (κ2) is 10.4. The van der Waals surface area contributed by atoms with Crippen molar-refractivity contribution in [1.29, 1.82) is 0 Å². The van der Waals surface area contributed by atoms with Gasteiger partial charge in [0.1, 0.15) is 5.54 Å². The number of nitrogens with zero attached hydrogens (tertiary/aromatic N) is 2. The number of aliphatic imine (C=N–C) groups is 1. The van der Waals surface area contributed by atoms with Gasteiger partial charge in [0.25, 0.3) is 5.91 Å². The third-order valence-electron chi connectivity index (χ3n) is 5.94. The number of carbonyl (C=O) groups excluding carboxylic acids is 2. The standard InChI is InChI=1S/C24H28ClN5O2/c1-3-19-20(25)6-5-7-21(19)30-12-8-17(9-13-30)15-28-23(32)24(10-11-24)29-22(31)18(14-26)16-27-4-2/h1,4-7,14,16-17H,2,8-13,15,26H2,(H,28,32)(H,29,31)/b18-14+,27-16-. The number of hydrogen-bond donors (Lipinski definition) is 3. The van der Waals surface area contributed by atoms with E-state index in [9.17, 15) is 9.59 Å². The fraction of sp³-hybridized carbons (Fsp3) is 0.375. The lowest BCUT2D eigenvalue weighted by Gasteiger charge is -2.34. The van der Waals surface area contributed by atoms with E-state index < -0.39 is 11.4 Å². The van der Waals surface area contributed by atoms with E-state index >= 15 is 0 Å². The van der Waals surface area contributed by atoms with Gasteiger partial charge in [-0.3, -0.25) is 14.6 Å². The topological polar surface area (TPSA) is 99.8 Å². The summed E-state index contributed by atoms with van der Waals surface area (Å²) in [5, 5.41) is 6.40. The Morgan fingerprint density at radius 1 is 1.38 bits per heavy atom. The number of rotatable bonds is 8. The highest BCUT2D eigenvalue weighted by molar-refractivity contribution is 6.32. The molecule has 0 unspecified atom stereocenters. The summed E-state index contributed by atoms with van der Waals surface area (Å²) in [5.41, 5.74) is 6.51. The number of terminal acetylenes is 1. The third kappa shape index (κ3) is 5.32. The van der Waals surface area contributed by atoms with Crippen molar-refractivity contribution in [3.05, 3.63) is 53.3 Å². The highest BCUT2D eigenvalue weighted by atomic mass is 35.5. The predicted octanol–water partition coefficient (Wildman–Crippen LogP) is 2.36. The highest BCUT2D eigenvalue weighted by Gasteiger charge is 2.51. The Labute approximate surface area is 193 Å². The van der Waals surface area contributed by atoms with Crippen LogP contribution in [0.5, 0.6) is 0 Å². The van der Waals surface area contributed by atoms with E-state index in [1.165, 1.54) is 12.4 Å². The SMILES string of the molecule is C#Cc1c(Cl)cccc1N1CCC(CNC(=O)C2(NC(=O)C(/C=N\C=C)=C/N)CC2)CC1. The summed E-state index contributed by atoms with van der Waals surface area (Å²) in [4.78, 5) is 31.2. The van der Waals surface area contributed by atoms with E-state index in [0.717, 1.165) is 43.4 Å². The second-order valence-electron chi connectivity index (χ2n) is 8.04. The van der Waals surface area contributed by atoms with E-state index in [-0.39, 0.29) is 11.5 Å². The lowest BCUT2D eigenvalue weighted by atomic mass is 9.95. The molecule has 1 aromatic rings. The molecular weight excluding hydrogens is 426 g/mol. The molecule has 0 radical (unpaired) electrons. The van der Waals surface area contributed by atoms with Gasteiger partial charge in [0.15, 0.2) is 0 Å². The molecule has 168 valence electrons. The molecule has 1 aliphatic carbocycles. The van der Waals surface area contributed by atoms with Gasteiger partial charge in [-0.2, -0.15) is 0 Å². The maximum absolute atomic E-state index is 12.8. The first kappa shape index (κ1) is 23.4. The summed E-state index contributed by atoms with van der Waals surface area (Å²) in [6, 6.07) is 5.70. The zero-order chi connectivity index (χ0) is 23.1. The summed E-state index contributed by atoms with van der Waals surface area (Å²) in [5.74, 6) is 2.46. The Morgan fingerprint density at radius 3 is 2.69 bits per heavy atom. The van der Waals surface area contributed by atoms with Crippen LogP contribution in [0.1, 0.15) is 31.2 Å². The average Bonchev–Trinajstić information content (AvgIpc) is 3.58. The normalized spacial score (nSPS) is 18.1. The van der Waals surface area contributed by atoms with Crippen molar-refractivity contribution < 1.29 is 9.59 Å². The van der Waals surface area contributed by atoms with Crippen molar-refractivity contribution in [3.8, 4) is 12.3 Å². The maximum Gasteiger partial charge on any atom is 0.255 e. The maximum atomic E-state index is 12.8. The number of carbonyl (C=O) groups is 2. The van der Waals surface area contributed by atoms with E-state index in [0.29, 0.717) is 30.3 Å². The molecule has 8 heteroatoms. The minimum Gasteiger partial charge on any atom is -0.404 e. The van der Waals surface area contributed by atoms with Crippen LogP contribution in [-0.2, 0) is 9.59 Å². The predicted molar refractivity (Wildman–Crippen MR) is 128 cm³/mol. The number of amides is 2. The Kier molecular flexibility index (Phi) is 7.60. The number of halogens is 1. The van der Waals surface area contributed by atoms with Crippen molar-refractivity contribution in [3.63, 3.8) is 0 Å². The zero-order valence-electron chi connectivity index (χ0n) is 17.9. The summed E-state index contributed by atoms with van der Waals surface area (Å²) < 4.78 is 0. The molecule has 0 aromatic heterocycles. The lowest BCUT2D eigenvalue weighted by Crippen LogP contribution is -2.51. The van der Waals surface area contributed by atoms with Crippen molar-refractivity contribution in [2.24, 2.45) is 16.6 Å². The van der Waals surface area contributed by atoms with Crippen LogP contribution in [0.2, 0.25) is 5.02 Å². The molecule has 0 atom stereocenters. The molecule has 1 saturated heterocycles. The van der Waals surface area contributed by atoms with Crippen LogP contribution in [0.4, 0.5) is 5.69 Å². The Morgan fingerprint density at radius 2 is 2.09 bits per heavy atom. The number of nitrogens with one attached hydrogen (secondary N) is 2. The summed E-state index contributed by atoms with van der Waals surface area (Å²) >= 11 is 6.23. The number of anilines is 1. The van der Waals surface area contributed by atoms with Crippen LogP contribution >= 0.6 is 11.6 Å². The average molecular weight is 454 g/mol. The first-order valence-electron chi connectivity index (χ1n) is 10.6. The number of nitrogens with two attached hydrogens (primary N) is 1. The summed E-state index contributed by atoms with van der Waals surface area (Å²) in [6.45, 7) is 5.71. The third-order valence-corrected chi connectivity index (χ3v) is 6.26. The van der Waals surface area contributed by atoms with Gasteiger partial charge in [-0.25, -0.2) is 0 Å². The molecule has 1 heterocycles. The molecule has 1 aliphatic heterocycles. The monoisotopic (exact) mass is 453 g/mol. The van der Waals surface area contributed by atoms with Crippen LogP contribution in [0, 0.1) is 18.3 Å². The summed E-state index contributed by atoms with van der Waals surface area (Å²) in [7, 11) is 0. The molecule has 1 aromatic carbocycles. The molecule has 3 rings (SSSR count). The first-order valence-corrected chi connectivity index (χ1v) is 11.0. The van der Waals surface area contributed by atoms with Crippen LogP contribution in [0.15, 0.2) is 47.7 Å². The van der Waals surface area contributed by atoms with Gasteiger partial charge in [0, 0.05) is 38.2 Å². The quantitative estimate of drug-likeness (QED) is 0.319. The van der Waals surface area contributed by atoms with E-state index in [1.807, 2.05) is 12.1 Å². The smallest absolute Gasteiger partial charge is 0.255 e. The summed E-state index contributed by atoms with van der Waals surface area (Å²) in [6.07, 6.45) is 12.5. The van der Waals surface area contributed by atoms with Gasteiger partial charge in [-0.1, -0.05) is 30.2 Å². The molecule has 1 saturated carbocycles. The molecule has 2 aliphatic rings. The molecule has 4 N–H and O–H groups in total. The van der Waals surface area contributed by atoms with Gasteiger partial charge in [-0.05, 0) is 43.7 Å². The van der Waals surface area contributed by atoms with Crippen molar-refractivity contribution in [2.75, 3.05) is 24.5 Å². The van der Waals surface area contributed by atoms with Crippen molar-refractivity contribution in [1.82, 2.24) is 10.6 Å². The zero-order valence-corrected chi connectivity index (χ0v) is 18.7. The van der Waals surface area contributed by atoms with E-state index in [4.69, 9.17) is 23.8 Å². The first-order chi connectivity index (χ1) is 15.4. The molecule has 0 spiro atoms. The van der Waals surface area contributed by atoms with Crippen molar-refractivity contribution >= 4 is 35.3 Å². The number of piperidine rings is 1. The fourth-order valence-corrected chi connectivity index (χ4v) is 4.06. The Balaban J connectivity index is 1.50. The second-order valence-corrected chi connectivity index (χ2v) is 8.44. The number of benzene rings is 1. The highest BCUT2D eigenvalue weighted by Crippen LogP contribution is 2.36. The van der Waals surface area contributed by atoms with E-state index in [2.05, 4.69) is 33.0 Å². The van der Waals surface area contributed by atoms with Gasteiger partial charge in [0.05, 0.1) is 21.8 Å². The molecule has 2 fully saturated rings. The number of hydrogen-bond acceptors (Lipinski definition) is 5. The molecule has 7 nitrogen and oxygen atoms in total. The van der Waals surface area contributed by atoms with Gasteiger partial charge in [0.2, 0.25) is 5.91 Å². The van der Waals surface area contributed by atoms with Crippen LogP contribution in [0.25, 0.3) is 0 Å². The molecule has 2 amide bonds. The van der Waals surface area contributed by atoms with E-state index in [1.54, 1.807) is 6.07 Å². The van der Waals surface area contributed by atoms with Crippen LogP contribution in [0.3, 0.4) is 0 Å². The minimum atomic E-state index is -0.865. The van der Waals surface area contributed by atoms with Crippen LogP contribution < -0.4 is 21.3 Å². The molecular formula is C24H28ClN5O2. The Hall–Kier alpha value is -3.24. The Bertz CT molecular complexity index is 983. The minimum absolute atomic E-state index is 0.158. The van der Waals surface area contributed by atoms with Gasteiger partial charge >= 0.3 is 0 Å².